The van der Waals surface area contributed by atoms with Crippen LogP contribution in [0.5, 0.6) is 0 Å². The number of imide groups is 1. The van der Waals surface area contributed by atoms with Gasteiger partial charge in [0.1, 0.15) is 15.6 Å². The minimum absolute atomic E-state index is 0.0650. The molecule has 1 aliphatic heterocycles. The first-order valence-corrected chi connectivity index (χ1v) is 9.08. The highest BCUT2D eigenvalue weighted by Gasteiger charge is 2.89. The first-order chi connectivity index (χ1) is 12.2. The second-order valence-electron chi connectivity index (χ2n) is 6.23. The standard InChI is InChI=1S/C16H12Cl4N2O4/c1-25-16(26-2)14(19)8-9(15(16,20)11(18)10(14)17)13(24)22(12(8)23)7-5-3-4-6-21-7/h3-6,8-9H,1-2H3/t8-,9-,14+,15+/m1/s1. The first-order valence-electron chi connectivity index (χ1n) is 7.57. The molecule has 0 aromatic carbocycles. The maximum atomic E-state index is 13.2. The number of alkyl halides is 2. The molecule has 2 aliphatic carbocycles. The van der Waals surface area contributed by atoms with Crippen molar-refractivity contribution in [3.8, 4) is 0 Å². The molecule has 0 spiro atoms. The van der Waals surface area contributed by atoms with E-state index in [2.05, 4.69) is 4.98 Å². The second-order valence-corrected chi connectivity index (χ2v) is 8.18. The van der Waals surface area contributed by atoms with Crippen LogP contribution in [-0.4, -0.2) is 46.6 Å². The number of carbonyl (C=O) groups excluding carboxylic acids is 2. The molecule has 6 nitrogen and oxygen atoms in total. The van der Waals surface area contributed by atoms with E-state index < -0.39 is 39.2 Å². The minimum Gasteiger partial charge on any atom is -0.350 e. The zero-order chi connectivity index (χ0) is 19.1. The number of pyridine rings is 1. The quantitative estimate of drug-likeness (QED) is 0.413. The smallest absolute Gasteiger partial charge is 0.241 e. The van der Waals surface area contributed by atoms with Crippen molar-refractivity contribution in [2.24, 2.45) is 11.8 Å². The maximum absolute atomic E-state index is 13.2. The van der Waals surface area contributed by atoms with Crippen LogP contribution in [0.3, 0.4) is 0 Å². The number of ether oxygens (including phenoxy) is 2. The fourth-order valence-electron chi connectivity index (χ4n) is 4.42. The minimum atomic E-state index is -1.78. The van der Waals surface area contributed by atoms with E-state index >= 15 is 0 Å². The number of rotatable bonds is 3. The maximum Gasteiger partial charge on any atom is 0.241 e. The molecular formula is C16H12Cl4N2O4. The van der Waals surface area contributed by atoms with Gasteiger partial charge in [-0.3, -0.25) is 9.59 Å². The lowest BCUT2D eigenvalue weighted by Gasteiger charge is -2.42. The van der Waals surface area contributed by atoms with Crippen molar-refractivity contribution >= 4 is 64.0 Å². The number of hydrogen-bond donors (Lipinski definition) is 0. The Kier molecular flexibility index (Phi) is 3.95. The Morgan fingerprint density at radius 1 is 1.00 bits per heavy atom. The summed E-state index contributed by atoms with van der Waals surface area (Å²) in [4.78, 5) is 27.9. The normalized spacial score (nSPS) is 37.7. The molecule has 1 aromatic rings. The predicted octanol–water partition coefficient (Wildman–Crippen LogP) is 2.85. The molecule has 2 heterocycles. The molecule has 4 atom stereocenters. The summed E-state index contributed by atoms with van der Waals surface area (Å²) in [6.45, 7) is 0. The van der Waals surface area contributed by atoms with Gasteiger partial charge < -0.3 is 9.47 Å². The highest BCUT2D eigenvalue weighted by atomic mass is 35.5. The molecule has 0 radical (unpaired) electrons. The number of amides is 2. The molecule has 2 fully saturated rings. The van der Waals surface area contributed by atoms with Crippen LogP contribution in [0, 0.1) is 11.8 Å². The van der Waals surface area contributed by atoms with Gasteiger partial charge in [0.15, 0.2) is 0 Å². The molecule has 2 bridgehead atoms. The summed E-state index contributed by atoms with van der Waals surface area (Å²) in [5.41, 5.74) is 0. The summed E-state index contributed by atoms with van der Waals surface area (Å²) in [6.07, 6.45) is 1.47. The molecule has 4 rings (SSSR count). The second kappa shape index (κ2) is 5.56. The van der Waals surface area contributed by atoms with E-state index in [0.29, 0.717) is 0 Å². The summed E-state index contributed by atoms with van der Waals surface area (Å²) in [5.74, 6) is -5.02. The van der Waals surface area contributed by atoms with E-state index in [4.69, 9.17) is 55.9 Å². The number of anilines is 1. The third-order valence-corrected chi connectivity index (χ3v) is 8.02. The SMILES string of the molecule is COC1(OC)[C@@]2(Cl)C(Cl)=C(Cl)[C@@]1(Cl)[C@H]1C(=O)N(c3ccccn3)C(=O)[C@@H]12. The van der Waals surface area contributed by atoms with Crippen molar-refractivity contribution in [3.05, 3.63) is 34.5 Å². The summed E-state index contributed by atoms with van der Waals surface area (Å²) >= 11 is 26.4. The monoisotopic (exact) mass is 436 g/mol. The van der Waals surface area contributed by atoms with Gasteiger partial charge in [0, 0.05) is 20.4 Å². The van der Waals surface area contributed by atoms with Crippen LogP contribution in [0.2, 0.25) is 0 Å². The van der Waals surface area contributed by atoms with Crippen LogP contribution in [0.25, 0.3) is 0 Å². The van der Waals surface area contributed by atoms with E-state index in [0.717, 1.165) is 4.90 Å². The average molecular weight is 438 g/mol. The van der Waals surface area contributed by atoms with Gasteiger partial charge in [-0.2, -0.15) is 0 Å². The molecule has 1 saturated heterocycles. The molecule has 26 heavy (non-hydrogen) atoms. The number of fused-ring (bicyclic) bond motifs is 5. The molecule has 1 aromatic heterocycles. The third kappa shape index (κ3) is 1.64. The van der Waals surface area contributed by atoms with Gasteiger partial charge in [-0.1, -0.05) is 29.3 Å². The molecule has 3 aliphatic rings. The van der Waals surface area contributed by atoms with Gasteiger partial charge in [-0.25, -0.2) is 9.88 Å². The number of halogens is 4. The first kappa shape index (κ1) is 18.5. The number of hydrogen-bond acceptors (Lipinski definition) is 5. The molecule has 10 heteroatoms. The Hall–Kier alpha value is -0.890. The highest BCUT2D eigenvalue weighted by molar-refractivity contribution is 6.54. The Morgan fingerprint density at radius 2 is 1.50 bits per heavy atom. The van der Waals surface area contributed by atoms with E-state index in [-0.39, 0.29) is 15.9 Å². The van der Waals surface area contributed by atoms with Crippen LogP contribution in [0.15, 0.2) is 34.5 Å². The number of carbonyl (C=O) groups is 2. The van der Waals surface area contributed by atoms with Crippen LogP contribution in [0.4, 0.5) is 5.82 Å². The van der Waals surface area contributed by atoms with Crippen LogP contribution in [0.1, 0.15) is 0 Å². The molecule has 1 saturated carbocycles. The predicted molar refractivity (Wildman–Crippen MR) is 96.4 cm³/mol. The van der Waals surface area contributed by atoms with Crippen molar-refractivity contribution in [2.75, 3.05) is 19.1 Å². The van der Waals surface area contributed by atoms with Gasteiger partial charge in [0.25, 0.3) is 0 Å². The third-order valence-electron chi connectivity index (χ3n) is 5.41. The largest absolute Gasteiger partial charge is 0.350 e. The molecule has 2 amide bonds. The van der Waals surface area contributed by atoms with E-state index in [9.17, 15) is 9.59 Å². The lowest BCUT2D eigenvalue weighted by atomic mass is 9.84. The molecule has 0 unspecified atom stereocenters. The van der Waals surface area contributed by atoms with Gasteiger partial charge in [0.05, 0.1) is 21.9 Å². The fourth-order valence-corrected chi connectivity index (χ4v) is 6.58. The van der Waals surface area contributed by atoms with Crippen molar-refractivity contribution in [3.63, 3.8) is 0 Å². The lowest BCUT2D eigenvalue weighted by molar-refractivity contribution is -0.221. The van der Waals surface area contributed by atoms with Crippen LogP contribution < -0.4 is 4.90 Å². The lowest BCUT2D eigenvalue weighted by Crippen LogP contribution is -2.60. The highest BCUT2D eigenvalue weighted by Crippen LogP contribution is 2.75. The van der Waals surface area contributed by atoms with E-state index in [1.54, 1.807) is 12.1 Å². The Bertz CT molecular complexity index is 813. The van der Waals surface area contributed by atoms with Gasteiger partial charge >= 0.3 is 0 Å². The zero-order valence-corrected chi connectivity index (χ0v) is 16.5. The fraction of sp³-hybridized carbons (Fsp3) is 0.438. The Labute approximate surface area is 168 Å². The molecular weight excluding hydrogens is 426 g/mol. The van der Waals surface area contributed by atoms with Crippen molar-refractivity contribution in [2.45, 2.75) is 15.5 Å². The summed E-state index contributed by atoms with van der Waals surface area (Å²) < 4.78 is 11.0. The van der Waals surface area contributed by atoms with Gasteiger partial charge in [-0.05, 0) is 12.1 Å². The average Bonchev–Trinajstić information content (AvgIpc) is 3.06. The van der Waals surface area contributed by atoms with E-state index in [1.807, 2.05) is 0 Å². The zero-order valence-electron chi connectivity index (χ0n) is 13.5. The van der Waals surface area contributed by atoms with Gasteiger partial charge in [-0.15, -0.1) is 23.2 Å². The van der Waals surface area contributed by atoms with Crippen molar-refractivity contribution < 1.29 is 19.1 Å². The van der Waals surface area contributed by atoms with Crippen LogP contribution in [-0.2, 0) is 19.1 Å². The Morgan fingerprint density at radius 3 is 1.88 bits per heavy atom. The van der Waals surface area contributed by atoms with E-state index in [1.165, 1.54) is 26.5 Å². The Balaban J connectivity index is 1.95. The number of nitrogens with zero attached hydrogens (tertiary/aromatic N) is 2. The topological polar surface area (TPSA) is 68.7 Å². The van der Waals surface area contributed by atoms with Crippen LogP contribution >= 0.6 is 46.4 Å². The van der Waals surface area contributed by atoms with Crippen molar-refractivity contribution in [1.82, 2.24) is 4.98 Å². The molecule has 138 valence electrons. The van der Waals surface area contributed by atoms with Crippen molar-refractivity contribution in [1.29, 1.82) is 0 Å². The summed E-state index contributed by atoms with van der Waals surface area (Å²) in [6, 6.07) is 4.86. The summed E-state index contributed by atoms with van der Waals surface area (Å²) in [5, 5.41) is -0.130. The summed E-state index contributed by atoms with van der Waals surface area (Å²) in [7, 11) is 2.62. The molecule has 0 N–H and O–H groups in total. The van der Waals surface area contributed by atoms with Gasteiger partial charge in [0.2, 0.25) is 17.6 Å². The number of methoxy groups -OCH3 is 2. The number of aromatic nitrogens is 1.